The number of aromatic nitrogens is 2. The number of anilines is 1. The van der Waals surface area contributed by atoms with Gasteiger partial charge in [0.1, 0.15) is 12.3 Å². The molecule has 154 valence electrons. The van der Waals surface area contributed by atoms with Crippen molar-refractivity contribution in [2.45, 2.75) is 44.6 Å². The maximum atomic E-state index is 13.6. The van der Waals surface area contributed by atoms with E-state index in [0.29, 0.717) is 11.3 Å². The van der Waals surface area contributed by atoms with E-state index < -0.39 is 31.4 Å². The fourth-order valence-corrected chi connectivity index (χ4v) is 3.47. The predicted molar refractivity (Wildman–Crippen MR) is 96.6 cm³/mol. The third kappa shape index (κ3) is 5.77. The van der Waals surface area contributed by atoms with Gasteiger partial charge in [-0.05, 0) is 6.04 Å². The van der Waals surface area contributed by atoms with Gasteiger partial charge in [-0.2, -0.15) is 18.3 Å². The Bertz CT molecular complexity index is 691. The van der Waals surface area contributed by atoms with Crippen molar-refractivity contribution in [3.63, 3.8) is 0 Å². The number of ether oxygens (including phenoxy) is 2. The summed E-state index contributed by atoms with van der Waals surface area (Å²) in [6.07, 6.45) is -3.84. The molecule has 1 aromatic heterocycles. The van der Waals surface area contributed by atoms with Gasteiger partial charge < -0.3 is 19.5 Å². The largest absolute Gasteiger partial charge is 0.423 e. The molecule has 1 aromatic rings. The molecule has 1 unspecified atom stereocenters. The zero-order valence-electron chi connectivity index (χ0n) is 15.8. The van der Waals surface area contributed by atoms with Crippen molar-refractivity contribution in [2.24, 2.45) is 0 Å². The molecule has 0 aliphatic carbocycles. The van der Waals surface area contributed by atoms with Crippen LogP contribution in [-0.2, 0) is 22.4 Å². The molecule has 0 bridgehead atoms. The Morgan fingerprint density at radius 3 is 2.70 bits per heavy atom. The average molecular weight is 409 g/mol. The molecule has 2 heterocycles. The van der Waals surface area contributed by atoms with Gasteiger partial charge >= 0.3 is 6.18 Å². The summed E-state index contributed by atoms with van der Waals surface area (Å²) >= 11 is 0. The van der Waals surface area contributed by atoms with Crippen LogP contribution < -0.4 is 10.5 Å². The SMILES string of the molecule is C[Si](C)(C)CCOCn1ncc(N2CCOCC2CO)c(C(F)(F)F)c1=O. The number of halogens is 3. The minimum absolute atomic E-state index is 0.0800. The zero-order valence-corrected chi connectivity index (χ0v) is 16.8. The lowest BCUT2D eigenvalue weighted by atomic mass is 10.1. The number of aliphatic hydroxyl groups is 1. The molecule has 7 nitrogen and oxygen atoms in total. The van der Waals surface area contributed by atoms with Crippen LogP contribution in [0.4, 0.5) is 18.9 Å². The van der Waals surface area contributed by atoms with E-state index in [2.05, 4.69) is 24.7 Å². The van der Waals surface area contributed by atoms with Crippen LogP contribution in [0.3, 0.4) is 0 Å². The Balaban J connectivity index is 2.29. The molecule has 1 N–H and O–H groups in total. The van der Waals surface area contributed by atoms with Crippen LogP contribution in [0.25, 0.3) is 0 Å². The maximum Gasteiger partial charge on any atom is 0.423 e. The normalized spacial score (nSPS) is 18.8. The van der Waals surface area contributed by atoms with Gasteiger partial charge in [0, 0.05) is 21.2 Å². The van der Waals surface area contributed by atoms with Crippen molar-refractivity contribution in [1.82, 2.24) is 9.78 Å². The average Bonchev–Trinajstić information content (AvgIpc) is 2.57. The third-order valence-electron chi connectivity index (χ3n) is 4.27. The van der Waals surface area contributed by atoms with Crippen LogP contribution in [0.2, 0.25) is 25.7 Å². The summed E-state index contributed by atoms with van der Waals surface area (Å²) in [7, 11) is -1.35. The fraction of sp³-hybridized carbons (Fsp3) is 0.750. The van der Waals surface area contributed by atoms with E-state index in [-0.39, 0.29) is 38.8 Å². The molecule has 1 aliphatic rings. The third-order valence-corrected chi connectivity index (χ3v) is 5.97. The molecule has 0 radical (unpaired) electrons. The topological polar surface area (TPSA) is 76.8 Å². The summed E-state index contributed by atoms with van der Waals surface area (Å²) < 4.78 is 52.1. The van der Waals surface area contributed by atoms with E-state index in [1.165, 1.54) is 4.90 Å². The molecule has 11 heteroatoms. The summed E-state index contributed by atoms with van der Waals surface area (Å²) in [4.78, 5) is 13.8. The first-order valence-corrected chi connectivity index (χ1v) is 12.5. The number of alkyl halides is 3. The first kappa shape index (κ1) is 21.9. The van der Waals surface area contributed by atoms with Gasteiger partial charge in [0.15, 0.2) is 0 Å². The Hall–Kier alpha value is -1.43. The second-order valence-corrected chi connectivity index (χ2v) is 13.3. The number of morpholine rings is 1. The van der Waals surface area contributed by atoms with Gasteiger partial charge in [0.05, 0.1) is 37.7 Å². The van der Waals surface area contributed by atoms with Crippen LogP contribution in [0.5, 0.6) is 0 Å². The number of hydrogen-bond donors (Lipinski definition) is 1. The van der Waals surface area contributed by atoms with Gasteiger partial charge in [-0.1, -0.05) is 19.6 Å². The molecule has 1 fully saturated rings. The minimum Gasteiger partial charge on any atom is -0.394 e. The second kappa shape index (κ2) is 8.72. The molecule has 1 aliphatic heterocycles. The van der Waals surface area contributed by atoms with E-state index in [4.69, 9.17) is 9.47 Å². The van der Waals surface area contributed by atoms with Gasteiger partial charge in [0.2, 0.25) is 0 Å². The van der Waals surface area contributed by atoms with Crippen LogP contribution in [0.1, 0.15) is 5.56 Å². The van der Waals surface area contributed by atoms with Crippen molar-refractivity contribution < 1.29 is 27.8 Å². The Morgan fingerprint density at radius 2 is 2.11 bits per heavy atom. The van der Waals surface area contributed by atoms with E-state index in [0.717, 1.165) is 12.2 Å². The second-order valence-electron chi connectivity index (χ2n) is 7.66. The summed E-state index contributed by atoms with van der Waals surface area (Å²) in [6.45, 7) is 6.51. The smallest absolute Gasteiger partial charge is 0.394 e. The molecule has 0 aromatic carbocycles. The molecular weight excluding hydrogens is 383 g/mol. The van der Waals surface area contributed by atoms with E-state index in [1.54, 1.807) is 0 Å². The molecule has 27 heavy (non-hydrogen) atoms. The first-order chi connectivity index (χ1) is 12.5. The highest BCUT2D eigenvalue weighted by Crippen LogP contribution is 2.34. The Labute approximate surface area is 156 Å². The molecular formula is C16H26F3N3O4Si. The lowest BCUT2D eigenvalue weighted by Crippen LogP contribution is -2.49. The molecule has 0 saturated carbocycles. The number of aliphatic hydroxyl groups excluding tert-OH is 1. The lowest BCUT2D eigenvalue weighted by Gasteiger charge is -2.37. The summed E-state index contributed by atoms with van der Waals surface area (Å²) in [5.74, 6) is 0. The number of hydrogen-bond acceptors (Lipinski definition) is 6. The highest BCUT2D eigenvalue weighted by atomic mass is 28.3. The van der Waals surface area contributed by atoms with Crippen molar-refractivity contribution in [2.75, 3.05) is 37.9 Å². The van der Waals surface area contributed by atoms with E-state index in [9.17, 15) is 23.1 Å². The quantitative estimate of drug-likeness (QED) is 0.546. The van der Waals surface area contributed by atoms with E-state index in [1.807, 2.05) is 0 Å². The maximum absolute atomic E-state index is 13.6. The van der Waals surface area contributed by atoms with Crippen molar-refractivity contribution in [3.8, 4) is 0 Å². The zero-order chi connectivity index (χ0) is 20.2. The van der Waals surface area contributed by atoms with Crippen molar-refractivity contribution >= 4 is 13.8 Å². The van der Waals surface area contributed by atoms with Crippen LogP contribution in [0, 0.1) is 0 Å². The molecule has 0 spiro atoms. The molecule has 2 rings (SSSR count). The van der Waals surface area contributed by atoms with Crippen molar-refractivity contribution in [1.29, 1.82) is 0 Å². The van der Waals surface area contributed by atoms with Crippen LogP contribution in [0.15, 0.2) is 11.0 Å². The summed E-state index contributed by atoms with van der Waals surface area (Å²) in [5, 5.41) is 13.3. The highest BCUT2D eigenvalue weighted by Gasteiger charge is 2.41. The summed E-state index contributed by atoms with van der Waals surface area (Å²) in [6, 6.07) is 0.169. The molecule has 0 amide bonds. The number of rotatable bonds is 7. The Morgan fingerprint density at radius 1 is 1.41 bits per heavy atom. The minimum atomic E-state index is -4.85. The monoisotopic (exact) mass is 409 g/mol. The highest BCUT2D eigenvalue weighted by molar-refractivity contribution is 6.76. The van der Waals surface area contributed by atoms with Gasteiger partial charge in [0.25, 0.3) is 5.56 Å². The molecule has 1 atom stereocenters. The van der Waals surface area contributed by atoms with Gasteiger partial charge in [-0.3, -0.25) is 4.79 Å². The number of nitrogens with zero attached hydrogens (tertiary/aromatic N) is 3. The van der Waals surface area contributed by atoms with Crippen molar-refractivity contribution in [3.05, 3.63) is 22.1 Å². The molecule has 1 saturated heterocycles. The van der Waals surface area contributed by atoms with Crippen LogP contribution in [-0.4, -0.2) is 62.0 Å². The fourth-order valence-electron chi connectivity index (χ4n) is 2.71. The van der Waals surface area contributed by atoms with Gasteiger partial charge in [-0.15, -0.1) is 0 Å². The summed E-state index contributed by atoms with van der Waals surface area (Å²) in [5.41, 5.74) is -2.89. The van der Waals surface area contributed by atoms with E-state index >= 15 is 0 Å². The Kier molecular flexibility index (Phi) is 7.06. The van der Waals surface area contributed by atoms with Crippen LogP contribution >= 0.6 is 0 Å². The first-order valence-electron chi connectivity index (χ1n) is 8.75. The standard InChI is InChI=1S/C16H26F3N3O4Si/c1-27(2,3)7-6-26-11-22-15(24)14(16(17,18)19)13(8-20-22)21-4-5-25-10-12(21)9-23/h8,12,23H,4-7,9-11H2,1-3H3. The van der Waals surface area contributed by atoms with Gasteiger partial charge in [-0.25, -0.2) is 4.68 Å². The lowest BCUT2D eigenvalue weighted by molar-refractivity contribution is -0.139. The predicted octanol–water partition coefficient (Wildman–Crippen LogP) is 1.77.